The first-order valence-corrected chi connectivity index (χ1v) is 4.66. The molecule has 0 bridgehead atoms. The molecule has 3 nitrogen and oxygen atoms in total. The van der Waals surface area contributed by atoms with Crippen LogP contribution in [-0.2, 0) is 0 Å². The number of hydrogen-bond acceptors (Lipinski definition) is 3. The van der Waals surface area contributed by atoms with E-state index in [1.165, 1.54) is 12.8 Å². The molecule has 0 saturated heterocycles. The summed E-state index contributed by atoms with van der Waals surface area (Å²) in [4.78, 5) is 0. The van der Waals surface area contributed by atoms with Gasteiger partial charge >= 0.3 is 0 Å². The zero-order valence-corrected chi connectivity index (χ0v) is 8.28. The molecule has 3 N–H and O–H groups in total. The van der Waals surface area contributed by atoms with Gasteiger partial charge in [-0.15, -0.1) is 0 Å². The van der Waals surface area contributed by atoms with Gasteiger partial charge < -0.3 is 16.0 Å². The lowest BCUT2D eigenvalue weighted by Gasteiger charge is -2.40. The molecule has 1 radical (unpaired) electrons. The van der Waals surface area contributed by atoms with Crippen molar-refractivity contribution in [3.8, 4) is 0 Å². The Balaban J connectivity index is 2.52. The van der Waals surface area contributed by atoms with Crippen LogP contribution in [0.4, 0.5) is 0 Å². The molecule has 1 aliphatic rings. The first kappa shape index (κ1) is 9.96. The van der Waals surface area contributed by atoms with Crippen LogP contribution in [0.1, 0.15) is 19.3 Å². The molecule has 1 fully saturated rings. The largest absolute Gasteiger partial charge is 0.317 e. The molecule has 1 aliphatic carbocycles. The maximum absolute atomic E-state index is 3.33. The highest BCUT2D eigenvalue weighted by atomic mass is 15.2. The number of rotatable bonds is 3. The van der Waals surface area contributed by atoms with Crippen LogP contribution < -0.4 is 16.0 Å². The molecule has 12 heavy (non-hydrogen) atoms. The summed E-state index contributed by atoms with van der Waals surface area (Å²) in [5.41, 5.74) is 0.0475. The molecule has 3 heteroatoms. The minimum Gasteiger partial charge on any atom is -0.317 e. The van der Waals surface area contributed by atoms with Crippen molar-refractivity contribution >= 4 is 0 Å². The van der Waals surface area contributed by atoms with Gasteiger partial charge in [0.2, 0.25) is 0 Å². The number of hydrogen-bond donors (Lipinski definition) is 3. The molecule has 0 aromatic heterocycles. The van der Waals surface area contributed by atoms with E-state index >= 15 is 0 Å². The van der Waals surface area contributed by atoms with Crippen LogP contribution in [0.3, 0.4) is 0 Å². The van der Waals surface area contributed by atoms with Crippen LogP contribution >= 0.6 is 0 Å². The molecule has 1 rings (SSSR count). The fourth-order valence-corrected chi connectivity index (χ4v) is 1.88. The molecular weight excluding hydrogens is 150 g/mol. The quantitative estimate of drug-likeness (QED) is 0.526. The van der Waals surface area contributed by atoms with E-state index in [0.29, 0.717) is 6.04 Å². The zero-order valence-electron chi connectivity index (χ0n) is 8.28. The van der Waals surface area contributed by atoms with E-state index in [9.17, 15) is 0 Å². The molecule has 0 heterocycles. The molecule has 0 amide bonds. The Morgan fingerprint density at radius 1 is 1.25 bits per heavy atom. The molecule has 0 aromatic carbocycles. The Hall–Kier alpha value is -0.120. The van der Waals surface area contributed by atoms with Gasteiger partial charge in [-0.3, -0.25) is 0 Å². The van der Waals surface area contributed by atoms with Gasteiger partial charge in [0.15, 0.2) is 0 Å². The van der Waals surface area contributed by atoms with E-state index in [-0.39, 0.29) is 5.66 Å². The normalized spacial score (nSPS) is 28.8. The maximum Gasteiger partial charge on any atom is 0.0730 e. The van der Waals surface area contributed by atoms with Gasteiger partial charge in [0.05, 0.1) is 5.66 Å². The summed E-state index contributed by atoms with van der Waals surface area (Å²) in [6.45, 7) is 0. The van der Waals surface area contributed by atoms with Crippen LogP contribution in [0, 0.1) is 6.42 Å². The maximum atomic E-state index is 3.33. The fourth-order valence-electron chi connectivity index (χ4n) is 1.88. The zero-order chi connectivity index (χ0) is 9.03. The van der Waals surface area contributed by atoms with Crippen molar-refractivity contribution in [2.45, 2.75) is 31.0 Å². The second-order valence-electron chi connectivity index (χ2n) is 3.44. The second kappa shape index (κ2) is 4.21. The molecule has 0 spiro atoms. The average molecular weight is 170 g/mol. The van der Waals surface area contributed by atoms with Crippen LogP contribution in [0.5, 0.6) is 0 Å². The van der Waals surface area contributed by atoms with Gasteiger partial charge in [-0.1, -0.05) is 0 Å². The summed E-state index contributed by atoms with van der Waals surface area (Å²) < 4.78 is 0. The Morgan fingerprint density at radius 2 is 1.92 bits per heavy atom. The molecule has 0 aliphatic heterocycles. The third-order valence-corrected chi connectivity index (χ3v) is 2.88. The summed E-state index contributed by atoms with van der Waals surface area (Å²) in [6.07, 6.45) is 5.88. The van der Waals surface area contributed by atoms with Gasteiger partial charge in [0.1, 0.15) is 0 Å². The molecular formula is C9H20N3. The SMILES string of the molecule is CNC1CC[CH]C(NC)(NC)C1. The lowest BCUT2D eigenvalue weighted by Crippen LogP contribution is -2.59. The fraction of sp³-hybridized carbons (Fsp3) is 0.889. The highest BCUT2D eigenvalue weighted by molar-refractivity contribution is 5.03. The monoisotopic (exact) mass is 170 g/mol. The molecule has 1 unspecified atom stereocenters. The average Bonchev–Trinajstić information content (AvgIpc) is 2.18. The highest BCUT2D eigenvalue weighted by Gasteiger charge is 2.32. The van der Waals surface area contributed by atoms with Crippen molar-refractivity contribution in [3.05, 3.63) is 6.42 Å². The predicted octanol–water partition coefficient (Wildman–Crippen LogP) is 0.0977. The minimum absolute atomic E-state index is 0.0475. The van der Waals surface area contributed by atoms with Crippen LogP contribution in [0.15, 0.2) is 0 Å². The van der Waals surface area contributed by atoms with Crippen LogP contribution in [-0.4, -0.2) is 32.8 Å². The van der Waals surface area contributed by atoms with Crippen molar-refractivity contribution in [2.24, 2.45) is 0 Å². The van der Waals surface area contributed by atoms with E-state index in [1.807, 2.05) is 21.1 Å². The van der Waals surface area contributed by atoms with E-state index in [4.69, 9.17) is 0 Å². The Labute approximate surface area is 75.3 Å². The second-order valence-corrected chi connectivity index (χ2v) is 3.44. The van der Waals surface area contributed by atoms with Crippen molar-refractivity contribution < 1.29 is 0 Å². The van der Waals surface area contributed by atoms with Crippen molar-refractivity contribution in [3.63, 3.8) is 0 Å². The van der Waals surface area contributed by atoms with Gasteiger partial charge in [0.25, 0.3) is 0 Å². The van der Waals surface area contributed by atoms with Crippen LogP contribution in [0.25, 0.3) is 0 Å². The first-order chi connectivity index (χ1) is 5.76. The lowest BCUT2D eigenvalue weighted by molar-refractivity contribution is 0.237. The highest BCUT2D eigenvalue weighted by Crippen LogP contribution is 2.24. The van der Waals surface area contributed by atoms with Gasteiger partial charge in [-0.25, -0.2) is 0 Å². The summed E-state index contributed by atoms with van der Waals surface area (Å²) >= 11 is 0. The Bertz CT molecular complexity index is 132. The summed E-state index contributed by atoms with van der Waals surface area (Å²) in [5.74, 6) is 0. The standard InChI is InChI=1S/C9H20N3/c1-10-8-5-4-6-9(7-8,11-2)12-3/h6,8,10-12H,4-5,7H2,1-3H3. The Kier molecular flexibility index (Phi) is 3.50. The third-order valence-electron chi connectivity index (χ3n) is 2.88. The molecule has 0 aromatic rings. The summed E-state index contributed by atoms with van der Waals surface area (Å²) in [5, 5.41) is 9.98. The molecule has 1 saturated carbocycles. The van der Waals surface area contributed by atoms with Gasteiger partial charge in [-0.05, 0) is 46.8 Å². The van der Waals surface area contributed by atoms with Gasteiger partial charge in [-0.2, -0.15) is 0 Å². The minimum atomic E-state index is 0.0475. The summed E-state index contributed by atoms with van der Waals surface area (Å²) in [6, 6.07) is 0.634. The van der Waals surface area contributed by atoms with E-state index in [0.717, 1.165) is 6.42 Å². The summed E-state index contributed by atoms with van der Waals surface area (Å²) in [7, 11) is 6.04. The van der Waals surface area contributed by atoms with Crippen molar-refractivity contribution in [1.29, 1.82) is 0 Å². The van der Waals surface area contributed by atoms with E-state index in [2.05, 4.69) is 22.4 Å². The van der Waals surface area contributed by atoms with Crippen molar-refractivity contribution in [2.75, 3.05) is 21.1 Å². The number of nitrogens with one attached hydrogen (secondary N) is 3. The topological polar surface area (TPSA) is 36.1 Å². The van der Waals surface area contributed by atoms with Gasteiger partial charge in [0, 0.05) is 6.04 Å². The first-order valence-electron chi connectivity index (χ1n) is 4.66. The smallest absolute Gasteiger partial charge is 0.0730 e. The van der Waals surface area contributed by atoms with Crippen molar-refractivity contribution in [1.82, 2.24) is 16.0 Å². The predicted molar refractivity (Wildman–Crippen MR) is 51.8 cm³/mol. The molecule has 1 atom stereocenters. The molecule has 71 valence electrons. The third kappa shape index (κ3) is 1.97. The Morgan fingerprint density at radius 3 is 2.42 bits per heavy atom. The lowest BCUT2D eigenvalue weighted by atomic mass is 9.85. The van der Waals surface area contributed by atoms with E-state index < -0.39 is 0 Å². The van der Waals surface area contributed by atoms with Crippen LogP contribution in [0.2, 0.25) is 0 Å². The van der Waals surface area contributed by atoms with E-state index in [1.54, 1.807) is 0 Å².